The van der Waals surface area contributed by atoms with Gasteiger partial charge in [0.1, 0.15) is 23.1 Å². The van der Waals surface area contributed by atoms with Crippen molar-refractivity contribution in [3.63, 3.8) is 0 Å². The maximum absolute atomic E-state index is 13.2. The van der Waals surface area contributed by atoms with Gasteiger partial charge in [0.2, 0.25) is 0 Å². The molecule has 5 rings (SSSR count). The van der Waals surface area contributed by atoms with Gasteiger partial charge in [-0.1, -0.05) is 6.07 Å². The van der Waals surface area contributed by atoms with Gasteiger partial charge < -0.3 is 13.4 Å². The second-order valence-corrected chi connectivity index (χ2v) is 7.09. The molecule has 0 aromatic carbocycles. The lowest BCUT2D eigenvalue weighted by atomic mass is 10.2. The summed E-state index contributed by atoms with van der Waals surface area (Å²) < 4.78 is 13.6. The number of pyridine rings is 2. The highest BCUT2D eigenvalue weighted by Gasteiger charge is 2.17. The Morgan fingerprint density at radius 1 is 1.16 bits per heavy atom. The second kappa shape index (κ2) is 7.52. The number of aromatic nitrogens is 3. The maximum Gasteiger partial charge on any atom is 0.314 e. The highest BCUT2D eigenvalue weighted by Crippen LogP contribution is 2.14. The van der Waals surface area contributed by atoms with Gasteiger partial charge in [0.25, 0.3) is 5.56 Å². The third-order valence-electron chi connectivity index (χ3n) is 5.06. The van der Waals surface area contributed by atoms with E-state index in [0.717, 1.165) is 5.56 Å². The zero-order valence-corrected chi connectivity index (χ0v) is 16.8. The quantitative estimate of drug-likeness (QED) is 0.410. The summed E-state index contributed by atoms with van der Waals surface area (Å²) in [5.41, 5.74) is 1.32. The van der Waals surface area contributed by atoms with Crippen molar-refractivity contribution in [3.05, 3.63) is 99.7 Å². The molecule has 0 aliphatic heterocycles. The summed E-state index contributed by atoms with van der Waals surface area (Å²) in [6.45, 7) is 1.96. The second-order valence-electron chi connectivity index (χ2n) is 7.09. The van der Waals surface area contributed by atoms with Crippen molar-refractivity contribution in [2.24, 2.45) is 4.99 Å². The maximum atomic E-state index is 13.2. The fraction of sp³-hybridized carbons (Fsp3) is 0.0870. The number of fused-ring (bicyclic) bond motifs is 2. The molecule has 0 N–H and O–H groups in total. The van der Waals surface area contributed by atoms with Gasteiger partial charge in [0, 0.05) is 6.20 Å². The molecule has 0 saturated heterocycles. The van der Waals surface area contributed by atoms with Gasteiger partial charge in [-0.3, -0.25) is 14.0 Å². The summed E-state index contributed by atoms with van der Waals surface area (Å²) in [4.78, 5) is 34.8. The summed E-state index contributed by atoms with van der Waals surface area (Å²) >= 11 is 0. The molecule has 0 saturated carbocycles. The highest BCUT2D eigenvalue weighted by atomic mass is 16.3. The number of carbonyl (C=O) groups excluding carboxylic acids is 1. The van der Waals surface area contributed by atoms with Crippen molar-refractivity contribution in [2.75, 3.05) is 0 Å². The molecule has 5 aromatic heterocycles. The van der Waals surface area contributed by atoms with Crippen LogP contribution in [-0.2, 0) is 6.54 Å². The van der Waals surface area contributed by atoms with Crippen LogP contribution in [-0.4, -0.2) is 19.9 Å². The number of furan rings is 2. The van der Waals surface area contributed by atoms with E-state index < -0.39 is 5.91 Å². The first kappa shape index (κ1) is 19.3. The Balaban J connectivity index is 1.92. The number of nitriles is 1. The molecule has 5 heterocycles. The Kier molecular flexibility index (Phi) is 4.53. The van der Waals surface area contributed by atoms with E-state index in [1.165, 1.54) is 29.1 Å². The largest absolute Gasteiger partial charge is 0.467 e. The third-order valence-corrected chi connectivity index (χ3v) is 5.06. The molecule has 0 fully saturated rings. The van der Waals surface area contributed by atoms with E-state index >= 15 is 0 Å². The minimum atomic E-state index is -0.660. The zero-order chi connectivity index (χ0) is 22.2. The predicted octanol–water partition coefficient (Wildman–Crippen LogP) is 2.80. The molecule has 1 amide bonds. The van der Waals surface area contributed by atoms with Crippen LogP contribution in [0.15, 0.2) is 79.8 Å². The van der Waals surface area contributed by atoms with E-state index in [4.69, 9.17) is 13.8 Å². The van der Waals surface area contributed by atoms with Crippen molar-refractivity contribution >= 4 is 22.6 Å². The third kappa shape index (κ3) is 3.11. The van der Waals surface area contributed by atoms with Crippen molar-refractivity contribution in [1.29, 1.82) is 5.26 Å². The molecule has 9 nitrogen and oxygen atoms in total. The SMILES string of the molecule is Cc1cccn2c(=O)c3cc(C#N)c(=NC(=O)c4ccco4)n(Cc4ccco4)c3nc12. The molecule has 9 heteroatoms. The molecule has 0 atom stereocenters. The van der Waals surface area contributed by atoms with Crippen LogP contribution in [0.2, 0.25) is 0 Å². The van der Waals surface area contributed by atoms with Crippen LogP contribution in [0.4, 0.5) is 0 Å². The van der Waals surface area contributed by atoms with Crippen LogP contribution in [0.1, 0.15) is 27.4 Å². The van der Waals surface area contributed by atoms with Crippen molar-refractivity contribution < 1.29 is 13.6 Å². The summed E-state index contributed by atoms with van der Waals surface area (Å²) in [7, 11) is 0. The summed E-state index contributed by atoms with van der Waals surface area (Å²) in [6.07, 6.45) is 4.50. The number of nitrogens with zero attached hydrogens (tertiary/aromatic N) is 5. The average Bonchev–Trinajstić information content (AvgIpc) is 3.50. The summed E-state index contributed by atoms with van der Waals surface area (Å²) in [6, 6.07) is 13.6. The highest BCUT2D eigenvalue weighted by molar-refractivity contribution is 5.92. The lowest BCUT2D eigenvalue weighted by molar-refractivity contribution is 0.0970. The Morgan fingerprint density at radius 3 is 2.69 bits per heavy atom. The number of rotatable bonds is 3. The van der Waals surface area contributed by atoms with Crippen LogP contribution < -0.4 is 11.0 Å². The topological polar surface area (TPSA) is 119 Å². The van der Waals surface area contributed by atoms with Crippen LogP contribution in [0, 0.1) is 18.3 Å². The van der Waals surface area contributed by atoms with E-state index in [1.54, 1.807) is 35.0 Å². The fourth-order valence-corrected chi connectivity index (χ4v) is 3.55. The molecule has 0 aliphatic carbocycles. The van der Waals surface area contributed by atoms with E-state index in [0.29, 0.717) is 11.4 Å². The molecule has 156 valence electrons. The molecule has 0 aliphatic rings. The molecule has 5 aromatic rings. The summed E-state index contributed by atoms with van der Waals surface area (Å²) in [5, 5.41) is 10.0. The molecule has 0 radical (unpaired) electrons. The predicted molar refractivity (Wildman–Crippen MR) is 113 cm³/mol. The first-order valence-electron chi connectivity index (χ1n) is 9.67. The lowest BCUT2D eigenvalue weighted by Crippen LogP contribution is -2.30. The summed E-state index contributed by atoms with van der Waals surface area (Å²) in [5.74, 6) is -0.0891. The molecule has 32 heavy (non-hydrogen) atoms. The van der Waals surface area contributed by atoms with Gasteiger partial charge in [0.05, 0.1) is 30.0 Å². The van der Waals surface area contributed by atoms with Crippen molar-refractivity contribution in [2.45, 2.75) is 13.5 Å². The number of amides is 1. The first-order valence-corrected chi connectivity index (χ1v) is 9.67. The average molecular weight is 425 g/mol. The number of aryl methyl sites for hydroxylation is 1. The van der Waals surface area contributed by atoms with Crippen LogP contribution >= 0.6 is 0 Å². The Labute approximate surface area is 180 Å². The van der Waals surface area contributed by atoms with Crippen LogP contribution in [0.3, 0.4) is 0 Å². The van der Waals surface area contributed by atoms with E-state index in [2.05, 4.69) is 4.99 Å². The Hall–Kier alpha value is -4.71. The normalized spacial score (nSPS) is 11.8. The zero-order valence-electron chi connectivity index (χ0n) is 16.8. The first-order chi connectivity index (χ1) is 15.6. The molecule has 0 spiro atoms. The Bertz CT molecular complexity index is 1650. The molecular formula is C23H15N5O4. The molecule has 0 bridgehead atoms. The van der Waals surface area contributed by atoms with Crippen molar-refractivity contribution in [3.8, 4) is 6.07 Å². The smallest absolute Gasteiger partial charge is 0.314 e. The van der Waals surface area contributed by atoms with Gasteiger partial charge in [0.15, 0.2) is 11.2 Å². The number of hydrogen-bond acceptors (Lipinski definition) is 6. The number of carbonyl (C=O) groups is 1. The van der Waals surface area contributed by atoms with Crippen LogP contribution in [0.5, 0.6) is 0 Å². The minimum Gasteiger partial charge on any atom is -0.467 e. The van der Waals surface area contributed by atoms with Gasteiger partial charge >= 0.3 is 5.91 Å². The standard InChI is InChI=1S/C23H15N5O4/c1-14-5-2-8-27-19(14)25-21-17(23(27)30)11-15(12-24)20(26-22(29)18-7-4-10-32-18)28(21)13-16-6-3-9-31-16/h2-11H,13H2,1H3. The van der Waals surface area contributed by atoms with E-state index in [-0.39, 0.29) is 39.9 Å². The molecule has 0 unspecified atom stereocenters. The van der Waals surface area contributed by atoms with E-state index in [1.807, 2.05) is 19.1 Å². The fourth-order valence-electron chi connectivity index (χ4n) is 3.55. The van der Waals surface area contributed by atoms with Gasteiger partial charge in [-0.2, -0.15) is 10.3 Å². The van der Waals surface area contributed by atoms with Gasteiger partial charge in [-0.05, 0) is 48.9 Å². The Morgan fingerprint density at radius 2 is 1.97 bits per heavy atom. The molecular weight excluding hydrogens is 410 g/mol. The number of hydrogen-bond donors (Lipinski definition) is 0. The lowest BCUT2D eigenvalue weighted by Gasteiger charge is -2.13. The van der Waals surface area contributed by atoms with E-state index in [9.17, 15) is 14.9 Å². The minimum absolute atomic E-state index is 0.0286. The van der Waals surface area contributed by atoms with Crippen LogP contribution in [0.25, 0.3) is 16.7 Å². The van der Waals surface area contributed by atoms with Crippen molar-refractivity contribution in [1.82, 2.24) is 14.0 Å². The van der Waals surface area contributed by atoms with Gasteiger partial charge in [-0.15, -0.1) is 0 Å². The van der Waals surface area contributed by atoms with Gasteiger partial charge in [-0.25, -0.2) is 4.98 Å². The monoisotopic (exact) mass is 425 g/mol.